The van der Waals surface area contributed by atoms with Gasteiger partial charge in [0.1, 0.15) is 35.2 Å². The third-order valence-electron chi connectivity index (χ3n) is 6.32. The van der Waals surface area contributed by atoms with Crippen LogP contribution in [0.15, 0.2) is 61.4 Å². The Morgan fingerprint density at radius 1 is 1.23 bits per heavy atom. The van der Waals surface area contributed by atoms with Gasteiger partial charge in [-0.15, -0.1) is 0 Å². The van der Waals surface area contributed by atoms with E-state index in [1.54, 1.807) is 33.8 Å². The van der Waals surface area contributed by atoms with Crippen LogP contribution in [0.25, 0.3) is 22.3 Å². The van der Waals surface area contributed by atoms with E-state index in [-0.39, 0.29) is 34.8 Å². The molecular formula is C26H26FN7O4S. The molecule has 1 saturated heterocycles. The molecular weight excluding hydrogens is 525 g/mol. The fraction of sp³-hybridized carbons (Fsp3) is 0.231. The highest BCUT2D eigenvalue weighted by atomic mass is 32.2. The molecule has 1 unspecified atom stereocenters. The Hall–Kier alpha value is -4.52. The van der Waals surface area contributed by atoms with Crippen LogP contribution in [0, 0.1) is 5.82 Å². The van der Waals surface area contributed by atoms with Crippen LogP contribution in [-0.4, -0.2) is 58.3 Å². The highest BCUT2D eigenvalue weighted by Gasteiger charge is 2.28. The summed E-state index contributed by atoms with van der Waals surface area (Å²) in [5.74, 6) is -0.0960. The summed E-state index contributed by atoms with van der Waals surface area (Å²) in [5.41, 5.74) is 7.41. The van der Waals surface area contributed by atoms with E-state index in [1.165, 1.54) is 30.6 Å². The maximum atomic E-state index is 15.5. The molecule has 3 heterocycles. The average Bonchev–Trinajstić information content (AvgIpc) is 3.28. The molecule has 2 aromatic carbocycles. The van der Waals surface area contributed by atoms with Gasteiger partial charge < -0.3 is 15.4 Å². The molecule has 0 radical (unpaired) electrons. The lowest BCUT2D eigenvalue weighted by atomic mass is 10.1. The Morgan fingerprint density at radius 3 is 2.77 bits per heavy atom. The quantitative estimate of drug-likeness (QED) is 0.331. The van der Waals surface area contributed by atoms with Crippen molar-refractivity contribution in [3.05, 3.63) is 67.3 Å². The highest BCUT2D eigenvalue weighted by molar-refractivity contribution is 7.92. The van der Waals surface area contributed by atoms with Gasteiger partial charge in [0.2, 0.25) is 15.9 Å². The number of carbonyl (C=O) groups excluding carboxylic acids is 1. The molecule has 39 heavy (non-hydrogen) atoms. The number of likely N-dealkylation sites (tertiary alicyclic amines) is 1. The van der Waals surface area contributed by atoms with Gasteiger partial charge in [0.15, 0.2) is 5.65 Å². The molecule has 0 saturated carbocycles. The zero-order valence-corrected chi connectivity index (χ0v) is 21.9. The minimum atomic E-state index is -3.47. The normalized spacial score (nSPS) is 15.7. The fourth-order valence-corrected chi connectivity index (χ4v) is 5.20. The van der Waals surface area contributed by atoms with Gasteiger partial charge in [0.25, 0.3) is 0 Å². The van der Waals surface area contributed by atoms with E-state index in [1.807, 2.05) is 0 Å². The molecule has 0 bridgehead atoms. The average molecular weight is 552 g/mol. The smallest absolute Gasteiger partial charge is 0.246 e. The molecule has 11 nitrogen and oxygen atoms in total. The molecule has 5 rings (SSSR count). The summed E-state index contributed by atoms with van der Waals surface area (Å²) in [6.07, 6.45) is 5.18. The molecule has 1 aliphatic rings. The second-order valence-corrected chi connectivity index (χ2v) is 10.9. The zero-order chi connectivity index (χ0) is 27.7. The Balaban J connectivity index is 1.48. The van der Waals surface area contributed by atoms with E-state index < -0.39 is 15.8 Å². The molecule has 202 valence electrons. The molecule has 4 aromatic rings. The van der Waals surface area contributed by atoms with Gasteiger partial charge >= 0.3 is 0 Å². The molecule has 3 N–H and O–H groups in total. The first-order valence-corrected chi connectivity index (χ1v) is 14.0. The van der Waals surface area contributed by atoms with Crippen LogP contribution >= 0.6 is 0 Å². The van der Waals surface area contributed by atoms with E-state index in [2.05, 4.69) is 21.3 Å². The lowest BCUT2D eigenvalue weighted by molar-refractivity contribution is -0.127. The van der Waals surface area contributed by atoms with Crippen LogP contribution in [0.5, 0.6) is 11.5 Å². The Kier molecular flexibility index (Phi) is 6.91. The van der Waals surface area contributed by atoms with Gasteiger partial charge in [-0.05, 0) is 43.2 Å². The number of nitrogens with one attached hydrogen (secondary N) is 1. The minimum absolute atomic E-state index is 0.158. The first kappa shape index (κ1) is 26.1. The first-order chi connectivity index (χ1) is 18.6. The first-order valence-electron chi connectivity index (χ1n) is 12.1. The van der Waals surface area contributed by atoms with Crippen molar-refractivity contribution in [3.63, 3.8) is 0 Å². The second kappa shape index (κ2) is 10.3. The number of piperidine rings is 1. The van der Waals surface area contributed by atoms with Crippen molar-refractivity contribution in [2.75, 3.05) is 29.8 Å². The number of sulfonamides is 1. The van der Waals surface area contributed by atoms with Gasteiger partial charge in [-0.1, -0.05) is 12.6 Å². The van der Waals surface area contributed by atoms with Crippen molar-refractivity contribution in [2.45, 2.75) is 18.9 Å². The summed E-state index contributed by atoms with van der Waals surface area (Å²) in [4.78, 5) is 22.4. The van der Waals surface area contributed by atoms with Crippen molar-refractivity contribution in [1.82, 2.24) is 24.6 Å². The van der Waals surface area contributed by atoms with Crippen LogP contribution in [-0.2, 0) is 14.8 Å². The number of nitrogens with two attached hydrogens (primary N) is 1. The van der Waals surface area contributed by atoms with Crippen molar-refractivity contribution >= 4 is 38.5 Å². The molecule has 1 aliphatic heterocycles. The number of halogens is 1. The highest BCUT2D eigenvalue weighted by Crippen LogP contribution is 2.36. The fourth-order valence-electron chi connectivity index (χ4n) is 4.65. The Bertz CT molecular complexity index is 1690. The third-order valence-corrected chi connectivity index (χ3v) is 6.92. The van der Waals surface area contributed by atoms with Gasteiger partial charge in [0, 0.05) is 30.8 Å². The number of carbonyl (C=O) groups is 1. The standard InChI is InChI=1S/C26H26FN7O4S/c1-3-22(35)33-11-5-7-17(14-33)34-26-23(25(28)29-15-30-26)24(31-34)20-10-9-19(13-21(20)27)38-18-8-4-6-16(12-18)32-39(2,36)37/h3-4,6,8-10,12-13,15,17,32H,1,5,7,11,14H2,2H3,(H2,28,29,30). The lowest BCUT2D eigenvalue weighted by Gasteiger charge is -2.32. The maximum Gasteiger partial charge on any atom is 0.246 e. The maximum absolute atomic E-state index is 15.5. The predicted molar refractivity (Wildman–Crippen MR) is 145 cm³/mol. The molecule has 0 aliphatic carbocycles. The molecule has 13 heteroatoms. The van der Waals surface area contributed by atoms with E-state index in [9.17, 15) is 13.2 Å². The predicted octanol–water partition coefficient (Wildman–Crippen LogP) is 3.73. The van der Waals surface area contributed by atoms with E-state index in [0.29, 0.717) is 35.6 Å². The topological polar surface area (TPSA) is 145 Å². The number of hydrogen-bond acceptors (Lipinski definition) is 8. The number of benzene rings is 2. The van der Waals surface area contributed by atoms with Crippen LogP contribution in [0.2, 0.25) is 0 Å². The zero-order valence-electron chi connectivity index (χ0n) is 21.0. The minimum Gasteiger partial charge on any atom is -0.457 e. The van der Waals surface area contributed by atoms with Gasteiger partial charge in [0.05, 0.1) is 23.4 Å². The third kappa shape index (κ3) is 5.53. The molecule has 2 aromatic heterocycles. The summed E-state index contributed by atoms with van der Waals surface area (Å²) >= 11 is 0. The Morgan fingerprint density at radius 2 is 2.03 bits per heavy atom. The number of amides is 1. The monoisotopic (exact) mass is 551 g/mol. The molecule has 1 atom stereocenters. The largest absolute Gasteiger partial charge is 0.457 e. The van der Waals surface area contributed by atoms with E-state index >= 15 is 4.39 Å². The lowest BCUT2D eigenvalue weighted by Crippen LogP contribution is -2.40. The summed E-state index contributed by atoms with van der Waals surface area (Å²) in [7, 11) is -3.47. The van der Waals surface area contributed by atoms with Crippen LogP contribution in [0.1, 0.15) is 18.9 Å². The van der Waals surface area contributed by atoms with Crippen molar-refractivity contribution in [1.29, 1.82) is 0 Å². The summed E-state index contributed by atoms with van der Waals surface area (Å²) in [6, 6.07) is 10.4. The number of rotatable bonds is 7. The number of fused-ring (bicyclic) bond motifs is 1. The van der Waals surface area contributed by atoms with Crippen LogP contribution in [0.3, 0.4) is 0 Å². The molecule has 1 amide bonds. The number of hydrogen-bond donors (Lipinski definition) is 2. The summed E-state index contributed by atoms with van der Waals surface area (Å²) < 4.78 is 48.4. The second-order valence-electron chi connectivity index (χ2n) is 9.18. The molecule has 0 spiro atoms. The van der Waals surface area contributed by atoms with Crippen LogP contribution in [0.4, 0.5) is 15.9 Å². The van der Waals surface area contributed by atoms with Crippen molar-refractivity contribution in [3.8, 4) is 22.8 Å². The van der Waals surface area contributed by atoms with Crippen LogP contribution < -0.4 is 15.2 Å². The summed E-state index contributed by atoms with van der Waals surface area (Å²) in [5, 5.41) is 5.12. The number of ether oxygens (including phenoxy) is 1. The number of nitrogens with zero attached hydrogens (tertiary/aromatic N) is 5. The SMILES string of the molecule is C=CC(=O)N1CCCC(n2nc(-c3ccc(Oc4cccc(NS(C)(=O)=O)c4)cc3F)c3c(N)ncnc32)C1. The molecule has 1 fully saturated rings. The van der Waals surface area contributed by atoms with E-state index in [0.717, 1.165) is 19.1 Å². The summed E-state index contributed by atoms with van der Waals surface area (Å²) in [6.45, 7) is 4.60. The van der Waals surface area contributed by atoms with Gasteiger partial charge in [-0.3, -0.25) is 9.52 Å². The van der Waals surface area contributed by atoms with Crippen molar-refractivity contribution in [2.24, 2.45) is 0 Å². The number of nitrogen functional groups attached to an aromatic ring is 1. The van der Waals surface area contributed by atoms with Gasteiger partial charge in [-0.25, -0.2) is 27.5 Å². The number of anilines is 2. The van der Waals surface area contributed by atoms with Crippen molar-refractivity contribution < 1.29 is 22.3 Å². The number of aromatic nitrogens is 4. The Labute approximate surface area is 224 Å². The van der Waals surface area contributed by atoms with E-state index in [4.69, 9.17) is 15.6 Å². The van der Waals surface area contributed by atoms with Gasteiger partial charge in [-0.2, -0.15) is 5.10 Å².